The minimum atomic E-state index is -1.41. The predicted octanol–water partition coefficient (Wildman–Crippen LogP) is 5.46. The molecule has 1 amide bonds. The van der Waals surface area contributed by atoms with E-state index in [-0.39, 0.29) is 54.7 Å². The van der Waals surface area contributed by atoms with E-state index in [0.29, 0.717) is 0 Å². The van der Waals surface area contributed by atoms with Crippen LogP contribution in [0.3, 0.4) is 0 Å². The monoisotopic (exact) mass is 468 g/mol. The molecule has 3 aromatic rings. The van der Waals surface area contributed by atoms with E-state index < -0.39 is 11.4 Å². The van der Waals surface area contributed by atoms with Crippen LogP contribution in [-0.2, 0) is 10.3 Å². The van der Waals surface area contributed by atoms with Crippen molar-refractivity contribution in [3.05, 3.63) is 94.8 Å². The number of ether oxygens (including phenoxy) is 1. The van der Waals surface area contributed by atoms with Crippen molar-refractivity contribution in [2.24, 2.45) is 0 Å². The molecule has 0 spiro atoms. The molecule has 1 aliphatic carbocycles. The van der Waals surface area contributed by atoms with Gasteiger partial charge in [0.05, 0.1) is 11.2 Å². The van der Waals surface area contributed by atoms with Gasteiger partial charge in [0.2, 0.25) is 0 Å². The molecule has 1 N–H and O–H groups in total. The summed E-state index contributed by atoms with van der Waals surface area (Å²) < 4.78 is 20.8. The second kappa shape index (κ2) is 8.21. The van der Waals surface area contributed by atoms with Gasteiger partial charge in [0, 0.05) is 36.4 Å². The smallest absolute Gasteiger partial charge is 0.410 e. The topological polar surface area (TPSA) is 73.6 Å². The molecular weight excluding hydrogens is 443 g/mol. The van der Waals surface area contributed by atoms with Gasteiger partial charge in [-0.1, -0.05) is 60.7 Å². The Labute approximate surface area is 203 Å². The van der Waals surface area contributed by atoms with Crippen LogP contribution in [0.15, 0.2) is 66.7 Å². The molecule has 0 saturated carbocycles. The van der Waals surface area contributed by atoms with Crippen molar-refractivity contribution < 1.29 is 19.0 Å². The van der Waals surface area contributed by atoms with Crippen LogP contribution in [-0.4, -0.2) is 34.8 Å². The highest BCUT2D eigenvalue weighted by atomic mass is 19.1. The number of halogens is 1. The molecular formula is C29H25FN2O3. The van der Waals surface area contributed by atoms with E-state index in [0.717, 1.165) is 24.0 Å². The Hall–Kier alpha value is -3.69. The van der Waals surface area contributed by atoms with Gasteiger partial charge in [-0.2, -0.15) is 5.26 Å². The third-order valence-electron chi connectivity index (χ3n) is 7.93. The van der Waals surface area contributed by atoms with E-state index in [1.807, 2.05) is 30.3 Å². The summed E-state index contributed by atoms with van der Waals surface area (Å²) in [5, 5.41) is 20.6. The Morgan fingerprint density at radius 3 is 2.20 bits per heavy atom. The van der Waals surface area contributed by atoms with E-state index in [1.54, 1.807) is 17.0 Å². The van der Waals surface area contributed by atoms with Gasteiger partial charge in [0.15, 0.2) is 0 Å². The average molecular weight is 469 g/mol. The number of rotatable bonds is 3. The van der Waals surface area contributed by atoms with Gasteiger partial charge >= 0.3 is 6.09 Å². The summed E-state index contributed by atoms with van der Waals surface area (Å²) in [6.45, 7) is 0.242. The maximum absolute atomic E-state index is 14.9. The summed E-state index contributed by atoms with van der Waals surface area (Å²) in [5.41, 5.74) is 3.31. The first-order valence-corrected chi connectivity index (χ1v) is 12.0. The summed E-state index contributed by atoms with van der Waals surface area (Å²) in [6.07, 6.45) is 1.53. The number of carbonyl (C=O) groups excluding carboxylic acids is 1. The maximum Gasteiger partial charge on any atom is 0.410 e. The third-order valence-corrected chi connectivity index (χ3v) is 7.93. The van der Waals surface area contributed by atoms with Crippen molar-refractivity contribution in [2.75, 3.05) is 6.61 Å². The SMILES string of the molecule is N#Cc1cccc(C2(O)CC3CCC(C2)N3C(=O)OCC2c3ccccc3-c3ccccc32)c1F. The van der Waals surface area contributed by atoms with E-state index >= 15 is 0 Å². The van der Waals surface area contributed by atoms with Crippen LogP contribution in [0.2, 0.25) is 0 Å². The first kappa shape index (κ1) is 21.8. The lowest BCUT2D eigenvalue weighted by molar-refractivity contribution is -0.0551. The van der Waals surface area contributed by atoms with Crippen LogP contribution in [0.5, 0.6) is 0 Å². The van der Waals surface area contributed by atoms with Crippen molar-refractivity contribution in [1.82, 2.24) is 4.90 Å². The molecule has 176 valence electrons. The highest BCUT2D eigenvalue weighted by Crippen LogP contribution is 2.48. The number of fused-ring (bicyclic) bond motifs is 5. The predicted molar refractivity (Wildman–Crippen MR) is 128 cm³/mol. The Kier molecular flexibility index (Phi) is 5.12. The minimum Gasteiger partial charge on any atom is -0.448 e. The summed E-state index contributed by atoms with van der Waals surface area (Å²) in [4.78, 5) is 15.0. The molecule has 5 nitrogen and oxygen atoms in total. The first-order chi connectivity index (χ1) is 17.0. The van der Waals surface area contributed by atoms with Crippen LogP contribution in [0.1, 0.15) is 53.9 Å². The normalized spacial score (nSPS) is 24.5. The number of carbonyl (C=O) groups is 1. The first-order valence-electron chi connectivity index (χ1n) is 12.0. The highest BCUT2D eigenvalue weighted by Gasteiger charge is 2.51. The van der Waals surface area contributed by atoms with Crippen molar-refractivity contribution in [3.8, 4) is 17.2 Å². The highest BCUT2D eigenvalue weighted by molar-refractivity contribution is 5.79. The molecule has 3 aliphatic rings. The second-order valence-corrected chi connectivity index (χ2v) is 9.82. The second-order valence-electron chi connectivity index (χ2n) is 9.82. The Morgan fingerprint density at radius 1 is 1.00 bits per heavy atom. The fraction of sp³-hybridized carbons (Fsp3) is 0.310. The molecule has 2 heterocycles. The maximum atomic E-state index is 14.9. The number of hydrogen-bond donors (Lipinski definition) is 1. The van der Waals surface area contributed by atoms with Gasteiger partial charge in [-0.25, -0.2) is 9.18 Å². The quantitative estimate of drug-likeness (QED) is 0.554. The van der Waals surface area contributed by atoms with Crippen LogP contribution in [0.4, 0.5) is 9.18 Å². The van der Waals surface area contributed by atoms with Crippen molar-refractivity contribution in [2.45, 2.75) is 49.3 Å². The van der Waals surface area contributed by atoms with E-state index in [4.69, 9.17) is 4.74 Å². The molecule has 3 aromatic carbocycles. The number of nitriles is 1. The van der Waals surface area contributed by atoms with Gasteiger partial charge in [0.1, 0.15) is 18.5 Å². The average Bonchev–Trinajstić information content (AvgIpc) is 3.34. The zero-order chi connectivity index (χ0) is 24.2. The van der Waals surface area contributed by atoms with E-state index in [1.165, 1.54) is 17.2 Å². The molecule has 2 bridgehead atoms. The van der Waals surface area contributed by atoms with Gasteiger partial charge in [0.25, 0.3) is 0 Å². The largest absolute Gasteiger partial charge is 0.448 e. The number of aliphatic hydroxyl groups is 1. The molecule has 6 rings (SSSR count). The zero-order valence-electron chi connectivity index (χ0n) is 19.2. The van der Waals surface area contributed by atoms with E-state index in [2.05, 4.69) is 24.3 Å². The molecule has 2 unspecified atom stereocenters. The summed E-state index contributed by atoms with van der Waals surface area (Å²) in [7, 11) is 0. The number of nitrogens with zero attached hydrogens (tertiary/aromatic N) is 2. The van der Waals surface area contributed by atoms with Crippen LogP contribution in [0, 0.1) is 17.1 Å². The third kappa shape index (κ3) is 3.42. The fourth-order valence-electron chi connectivity index (χ4n) is 6.39. The number of piperidine rings is 1. The Morgan fingerprint density at radius 2 is 1.60 bits per heavy atom. The molecule has 0 radical (unpaired) electrons. The lowest BCUT2D eigenvalue weighted by Crippen LogP contribution is -2.52. The number of amides is 1. The lowest BCUT2D eigenvalue weighted by atomic mass is 9.80. The van der Waals surface area contributed by atoms with Gasteiger partial charge in [-0.05, 0) is 41.2 Å². The summed E-state index contributed by atoms with van der Waals surface area (Å²) >= 11 is 0. The molecule has 2 fully saturated rings. The van der Waals surface area contributed by atoms with Crippen LogP contribution < -0.4 is 0 Å². The summed E-state index contributed by atoms with van der Waals surface area (Å²) in [5.74, 6) is -0.694. The molecule has 0 aromatic heterocycles. The Bertz CT molecular complexity index is 1300. The molecule has 2 aliphatic heterocycles. The number of benzene rings is 3. The summed E-state index contributed by atoms with van der Waals surface area (Å²) in [6, 6.07) is 22.3. The molecule has 35 heavy (non-hydrogen) atoms. The number of hydrogen-bond acceptors (Lipinski definition) is 4. The molecule has 6 heteroatoms. The van der Waals surface area contributed by atoms with Gasteiger partial charge < -0.3 is 14.7 Å². The Balaban J connectivity index is 1.20. The molecule has 2 saturated heterocycles. The zero-order valence-corrected chi connectivity index (χ0v) is 19.2. The van der Waals surface area contributed by atoms with Crippen LogP contribution >= 0.6 is 0 Å². The van der Waals surface area contributed by atoms with Gasteiger partial charge in [-0.3, -0.25) is 0 Å². The van der Waals surface area contributed by atoms with Crippen LogP contribution in [0.25, 0.3) is 11.1 Å². The minimum absolute atomic E-state index is 0.0199. The van der Waals surface area contributed by atoms with Crippen molar-refractivity contribution in [3.63, 3.8) is 0 Å². The fourth-order valence-corrected chi connectivity index (χ4v) is 6.39. The lowest BCUT2D eigenvalue weighted by Gasteiger charge is -2.43. The van der Waals surface area contributed by atoms with Crippen molar-refractivity contribution >= 4 is 6.09 Å². The molecule has 2 atom stereocenters. The van der Waals surface area contributed by atoms with Gasteiger partial charge in [-0.15, -0.1) is 0 Å². The van der Waals surface area contributed by atoms with E-state index in [9.17, 15) is 19.6 Å². The van der Waals surface area contributed by atoms with Crippen molar-refractivity contribution in [1.29, 1.82) is 5.26 Å². The standard InChI is InChI=1S/C29H25FN2O3/c30-27-18(16-31)6-5-11-26(27)29(34)14-19-12-13-20(15-29)32(19)28(33)35-17-25-23-9-3-1-7-21(23)22-8-2-4-10-24(22)25/h1-11,19-20,25,34H,12-15,17H2.